The molecule has 7 nitrogen and oxygen atoms in total. The number of phenols is 1. The van der Waals surface area contributed by atoms with Gasteiger partial charge in [0.05, 0.1) is 12.5 Å². The number of nitrogens with one attached hydrogen (secondary N) is 1. The van der Waals surface area contributed by atoms with Crippen LogP contribution in [-0.2, 0) is 13.0 Å². The number of amides is 1. The van der Waals surface area contributed by atoms with Gasteiger partial charge in [-0.3, -0.25) is 4.79 Å². The second kappa shape index (κ2) is 11.2. The molecule has 0 aliphatic heterocycles. The molecule has 4 aromatic rings. The Kier molecular flexibility index (Phi) is 7.82. The summed E-state index contributed by atoms with van der Waals surface area (Å²) in [5.41, 5.74) is 1.93. The van der Waals surface area contributed by atoms with E-state index in [1.54, 1.807) is 38.3 Å². The summed E-state index contributed by atoms with van der Waals surface area (Å²) in [7, 11) is 1.60. The Morgan fingerprint density at radius 3 is 2.54 bits per heavy atom. The summed E-state index contributed by atoms with van der Waals surface area (Å²) >= 11 is 0. The molecule has 0 fully saturated rings. The Morgan fingerprint density at radius 2 is 1.84 bits per heavy atom. The van der Waals surface area contributed by atoms with Crippen molar-refractivity contribution in [2.24, 2.45) is 5.92 Å². The smallest absolute Gasteiger partial charge is 0.364 e. The highest BCUT2D eigenvalue weighted by molar-refractivity contribution is 6.06. The number of fused-ring (bicyclic) bond motifs is 1. The van der Waals surface area contributed by atoms with Gasteiger partial charge in [-0.15, -0.1) is 0 Å². The quantitative estimate of drug-likeness (QED) is 0.264. The molecule has 0 saturated heterocycles. The number of carbonyl (C=O) groups excluding carboxylic acids is 1. The molecule has 0 aliphatic carbocycles. The lowest BCUT2D eigenvalue weighted by atomic mass is 10.00. The summed E-state index contributed by atoms with van der Waals surface area (Å²) in [5.74, 6) is 0.912. The van der Waals surface area contributed by atoms with E-state index >= 15 is 0 Å². The largest absolute Gasteiger partial charge is 0.508 e. The van der Waals surface area contributed by atoms with Crippen molar-refractivity contribution in [3.8, 4) is 17.2 Å². The number of hydrogen-bond acceptors (Lipinski definition) is 6. The minimum atomic E-state index is -0.772. The van der Waals surface area contributed by atoms with E-state index in [-0.39, 0.29) is 29.4 Å². The van der Waals surface area contributed by atoms with Gasteiger partial charge in [-0.2, -0.15) is 0 Å². The van der Waals surface area contributed by atoms with Crippen LogP contribution in [0.4, 0.5) is 5.69 Å². The van der Waals surface area contributed by atoms with E-state index in [1.807, 2.05) is 30.3 Å². The average molecular weight is 502 g/mol. The van der Waals surface area contributed by atoms with Crippen molar-refractivity contribution < 1.29 is 23.8 Å². The Balaban J connectivity index is 1.73. The summed E-state index contributed by atoms with van der Waals surface area (Å²) in [6.45, 7) is 6.10. The summed E-state index contributed by atoms with van der Waals surface area (Å²) in [6, 6.07) is 17.8. The van der Waals surface area contributed by atoms with E-state index in [9.17, 15) is 14.7 Å². The maximum Gasteiger partial charge on any atom is 0.364 e. The van der Waals surface area contributed by atoms with Crippen LogP contribution >= 0.6 is 0 Å². The minimum absolute atomic E-state index is 0.00592. The molecule has 3 aromatic carbocycles. The van der Waals surface area contributed by atoms with E-state index in [0.29, 0.717) is 28.2 Å². The molecule has 0 radical (unpaired) electrons. The summed E-state index contributed by atoms with van der Waals surface area (Å²) < 4.78 is 17.1. The van der Waals surface area contributed by atoms with Crippen molar-refractivity contribution in [2.75, 3.05) is 12.4 Å². The van der Waals surface area contributed by atoms with Crippen molar-refractivity contribution in [1.82, 2.24) is 0 Å². The second-order valence-electron chi connectivity index (χ2n) is 9.37. The van der Waals surface area contributed by atoms with Crippen LogP contribution in [0.25, 0.3) is 11.0 Å². The fourth-order valence-corrected chi connectivity index (χ4v) is 4.10. The number of rotatable bonds is 9. The van der Waals surface area contributed by atoms with E-state index in [0.717, 1.165) is 24.0 Å². The van der Waals surface area contributed by atoms with Gasteiger partial charge in [0.2, 0.25) is 0 Å². The van der Waals surface area contributed by atoms with E-state index in [2.05, 4.69) is 19.2 Å². The molecule has 0 atom stereocenters. The van der Waals surface area contributed by atoms with Gasteiger partial charge in [-0.05, 0) is 67.1 Å². The van der Waals surface area contributed by atoms with Crippen molar-refractivity contribution in [3.63, 3.8) is 0 Å². The zero-order valence-electron chi connectivity index (χ0n) is 21.5. The maximum atomic E-state index is 13.3. The topological polar surface area (TPSA) is 98.0 Å². The van der Waals surface area contributed by atoms with Gasteiger partial charge in [-0.25, -0.2) is 4.79 Å². The molecule has 2 N–H and O–H groups in total. The fraction of sp³-hybridized carbons (Fsp3) is 0.267. The van der Waals surface area contributed by atoms with Crippen LogP contribution in [0.2, 0.25) is 0 Å². The molecule has 0 aliphatic rings. The molecule has 1 amide bonds. The average Bonchev–Trinajstić information content (AvgIpc) is 2.90. The lowest BCUT2D eigenvalue weighted by Gasteiger charge is -2.16. The number of anilines is 1. The van der Waals surface area contributed by atoms with Crippen LogP contribution in [0.1, 0.15) is 47.3 Å². The number of ether oxygens (including phenoxy) is 2. The number of aryl methyl sites for hydroxylation is 2. The van der Waals surface area contributed by atoms with Crippen LogP contribution in [0.15, 0.2) is 69.9 Å². The molecule has 0 unspecified atom stereocenters. The first-order valence-electron chi connectivity index (χ1n) is 12.2. The molecule has 0 bridgehead atoms. The predicted octanol–water partition coefficient (Wildman–Crippen LogP) is 6.24. The highest BCUT2D eigenvalue weighted by Crippen LogP contribution is 2.36. The van der Waals surface area contributed by atoms with E-state index in [1.165, 1.54) is 6.07 Å². The molecule has 0 saturated carbocycles. The zero-order valence-corrected chi connectivity index (χ0v) is 21.5. The Labute approximate surface area is 215 Å². The first-order valence-corrected chi connectivity index (χ1v) is 12.2. The normalized spacial score (nSPS) is 11.1. The van der Waals surface area contributed by atoms with Crippen molar-refractivity contribution in [3.05, 3.63) is 93.3 Å². The lowest BCUT2D eigenvalue weighted by molar-refractivity contribution is 0.102. The third-order valence-corrected chi connectivity index (χ3v) is 6.25. The second-order valence-corrected chi connectivity index (χ2v) is 9.37. The van der Waals surface area contributed by atoms with Crippen LogP contribution in [0.5, 0.6) is 17.2 Å². The van der Waals surface area contributed by atoms with Crippen molar-refractivity contribution >= 4 is 22.6 Å². The molecular formula is C30H31NO6. The molecule has 37 heavy (non-hydrogen) atoms. The number of phenolic OH excluding ortho intramolecular Hbond substituents is 1. The molecule has 1 heterocycles. The van der Waals surface area contributed by atoms with Crippen LogP contribution < -0.4 is 20.4 Å². The number of aromatic hydroxyl groups is 1. The van der Waals surface area contributed by atoms with Gasteiger partial charge in [0.25, 0.3) is 5.91 Å². The van der Waals surface area contributed by atoms with Gasteiger partial charge in [-0.1, -0.05) is 44.2 Å². The van der Waals surface area contributed by atoms with Crippen molar-refractivity contribution in [1.29, 1.82) is 0 Å². The molecule has 1 aromatic heterocycles. The standard InChI is InChI=1S/C30H31NO6/c1-18(2)10-11-21-16-22(12-15-25(21)35-4)29(33)31-26-28(36-17-20-8-6-5-7-9-20)23-13-14-24(32)19(3)27(23)37-30(26)34/h5-9,12-16,18,32H,10-11,17H2,1-4H3,(H,31,33). The van der Waals surface area contributed by atoms with Crippen LogP contribution in [0.3, 0.4) is 0 Å². The first kappa shape index (κ1) is 25.8. The minimum Gasteiger partial charge on any atom is -0.508 e. The van der Waals surface area contributed by atoms with Gasteiger partial charge in [0, 0.05) is 11.1 Å². The highest BCUT2D eigenvalue weighted by atomic mass is 16.5. The third-order valence-electron chi connectivity index (χ3n) is 6.25. The van der Waals surface area contributed by atoms with Crippen LogP contribution in [-0.4, -0.2) is 18.1 Å². The van der Waals surface area contributed by atoms with E-state index < -0.39 is 11.5 Å². The van der Waals surface area contributed by atoms with Crippen LogP contribution in [0, 0.1) is 12.8 Å². The number of methoxy groups -OCH3 is 1. The molecule has 7 heteroatoms. The van der Waals surface area contributed by atoms with Gasteiger partial charge < -0.3 is 24.3 Å². The Hall–Kier alpha value is -4.26. The first-order chi connectivity index (χ1) is 17.8. The fourth-order valence-electron chi connectivity index (χ4n) is 4.10. The predicted molar refractivity (Wildman–Crippen MR) is 144 cm³/mol. The lowest BCUT2D eigenvalue weighted by Crippen LogP contribution is -2.20. The number of benzene rings is 3. The van der Waals surface area contributed by atoms with Gasteiger partial charge >= 0.3 is 5.63 Å². The Morgan fingerprint density at radius 1 is 1.08 bits per heavy atom. The number of carbonyl (C=O) groups is 1. The Bertz CT molecular complexity index is 1470. The van der Waals surface area contributed by atoms with Gasteiger partial charge in [0.1, 0.15) is 23.7 Å². The zero-order chi connectivity index (χ0) is 26.5. The van der Waals surface area contributed by atoms with E-state index in [4.69, 9.17) is 13.9 Å². The molecule has 192 valence electrons. The van der Waals surface area contributed by atoms with Crippen molar-refractivity contribution in [2.45, 2.75) is 40.2 Å². The monoisotopic (exact) mass is 501 g/mol. The molecule has 0 spiro atoms. The van der Waals surface area contributed by atoms with Gasteiger partial charge in [0.15, 0.2) is 11.4 Å². The SMILES string of the molecule is COc1ccc(C(=O)Nc2c(OCc3ccccc3)c3ccc(O)c(C)c3oc2=O)cc1CCC(C)C. The molecule has 4 rings (SSSR count). The highest BCUT2D eigenvalue weighted by Gasteiger charge is 2.22. The summed E-state index contributed by atoms with van der Waals surface area (Å²) in [6.07, 6.45) is 1.70. The molecular weight excluding hydrogens is 470 g/mol. The third kappa shape index (κ3) is 5.77. The number of hydrogen-bond donors (Lipinski definition) is 2. The summed E-state index contributed by atoms with van der Waals surface area (Å²) in [4.78, 5) is 26.4. The maximum absolute atomic E-state index is 13.3. The summed E-state index contributed by atoms with van der Waals surface area (Å²) in [5, 5.41) is 13.3.